The largest absolute Gasteiger partial charge is 0.378 e. The minimum absolute atomic E-state index is 0.206. The molecule has 1 spiro atoms. The Hall–Kier alpha value is 0.230. The molecule has 3 aliphatic rings. The first-order valence-electron chi connectivity index (χ1n) is 8.38. The van der Waals surface area contributed by atoms with Gasteiger partial charge in [0.1, 0.15) is 0 Å². The molecule has 3 unspecified atom stereocenters. The molecule has 0 amide bonds. The molecule has 3 fully saturated rings. The number of nitrogens with one attached hydrogen (secondary N) is 1. The molecule has 20 heavy (non-hydrogen) atoms. The second kappa shape index (κ2) is 6.99. The molecule has 0 aromatic carbocycles. The van der Waals surface area contributed by atoms with Crippen LogP contribution >= 0.6 is 11.8 Å². The van der Waals surface area contributed by atoms with E-state index < -0.39 is 0 Å². The van der Waals surface area contributed by atoms with Gasteiger partial charge in [0.05, 0.1) is 11.7 Å². The van der Waals surface area contributed by atoms with Crippen LogP contribution in [0, 0.1) is 5.92 Å². The van der Waals surface area contributed by atoms with Crippen LogP contribution in [-0.2, 0) is 9.47 Å². The van der Waals surface area contributed by atoms with Crippen LogP contribution in [0.2, 0.25) is 0 Å². The minimum atomic E-state index is 0.206. The Balaban J connectivity index is 1.47. The minimum Gasteiger partial charge on any atom is -0.378 e. The van der Waals surface area contributed by atoms with Gasteiger partial charge < -0.3 is 14.8 Å². The van der Waals surface area contributed by atoms with E-state index in [1.807, 2.05) is 0 Å². The highest BCUT2D eigenvalue weighted by atomic mass is 32.2. The molecule has 0 radical (unpaired) electrons. The van der Waals surface area contributed by atoms with Crippen molar-refractivity contribution >= 4 is 11.8 Å². The van der Waals surface area contributed by atoms with E-state index in [0.29, 0.717) is 12.1 Å². The van der Waals surface area contributed by atoms with Crippen LogP contribution in [-0.4, -0.2) is 49.0 Å². The summed E-state index contributed by atoms with van der Waals surface area (Å²) in [6.45, 7) is 5.28. The molecule has 4 heteroatoms. The van der Waals surface area contributed by atoms with Gasteiger partial charge in [0.15, 0.2) is 0 Å². The second-order valence-corrected chi connectivity index (χ2v) is 7.83. The first-order chi connectivity index (χ1) is 9.81. The summed E-state index contributed by atoms with van der Waals surface area (Å²) in [7, 11) is 0. The average molecular weight is 299 g/mol. The Morgan fingerprint density at radius 3 is 2.85 bits per heavy atom. The molecule has 3 atom stereocenters. The zero-order chi connectivity index (χ0) is 13.8. The third-order valence-electron chi connectivity index (χ3n) is 5.31. The lowest BCUT2D eigenvalue weighted by Crippen LogP contribution is -2.49. The van der Waals surface area contributed by atoms with Crippen molar-refractivity contribution in [2.24, 2.45) is 5.92 Å². The molecule has 3 nitrogen and oxygen atoms in total. The highest BCUT2D eigenvalue weighted by Gasteiger charge is 2.39. The molecule has 3 rings (SSSR count). The van der Waals surface area contributed by atoms with Crippen LogP contribution < -0.4 is 5.32 Å². The average Bonchev–Trinajstić information content (AvgIpc) is 2.93. The smallest absolute Gasteiger partial charge is 0.0713 e. The van der Waals surface area contributed by atoms with Crippen LogP contribution in [0.4, 0.5) is 0 Å². The van der Waals surface area contributed by atoms with Crippen molar-refractivity contribution in [3.05, 3.63) is 0 Å². The Bertz CT molecular complexity index is 301. The van der Waals surface area contributed by atoms with Crippen LogP contribution in [0.5, 0.6) is 0 Å². The summed E-state index contributed by atoms with van der Waals surface area (Å²) in [6, 6.07) is 0.657. The summed E-state index contributed by atoms with van der Waals surface area (Å²) in [6.07, 6.45) is 7.77. The van der Waals surface area contributed by atoms with E-state index in [0.717, 1.165) is 32.1 Å². The van der Waals surface area contributed by atoms with Gasteiger partial charge in [0.2, 0.25) is 0 Å². The fourth-order valence-corrected chi connectivity index (χ4v) is 5.23. The van der Waals surface area contributed by atoms with Crippen molar-refractivity contribution in [3.8, 4) is 0 Å². The van der Waals surface area contributed by atoms with E-state index in [1.165, 1.54) is 43.6 Å². The molecule has 3 heterocycles. The highest BCUT2D eigenvalue weighted by Crippen LogP contribution is 2.37. The van der Waals surface area contributed by atoms with Crippen molar-refractivity contribution in [1.82, 2.24) is 5.32 Å². The van der Waals surface area contributed by atoms with E-state index in [1.54, 1.807) is 0 Å². The predicted molar refractivity (Wildman–Crippen MR) is 84.4 cm³/mol. The monoisotopic (exact) mass is 299 g/mol. The molecule has 0 aliphatic carbocycles. The van der Waals surface area contributed by atoms with Crippen molar-refractivity contribution in [2.75, 3.05) is 31.3 Å². The van der Waals surface area contributed by atoms with Gasteiger partial charge in [-0.15, -0.1) is 0 Å². The van der Waals surface area contributed by atoms with Gasteiger partial charge in [-0.05, 0) is 55.9 Å². The molecule has 0 aromatic heterocycles. The van der Waals surface area contributed by atoms with E-state index >= 15 is 0 Å². The normalized spacial score (nSPS) is 37.4. The van der Waals surface area contributed by atoms with Crippen molar-refractivity contribution in [3.63, 3.8) is 0 Å². The van der Waals surface area contributed by atoms with E-state index in [-0.39, 0.29) is 5.60 Å². The number of ether oxygens (including phenoxy) is 2. The van der Waals surface area contributed by atoms with Crippen LogP contribution in [0.25, 0.3) is 0 Å². The molecule has 1 N–H and O–H groups in total. The molecule has 3 aliphatic heterocycles. The van der Waals surface area contributed by atoms with Crippen molar-refractivity contribution in [1.29, 1.82) is 0 Å². The lowest BCUT2D eigenvalue weighted by Gasteiger charge is -2.43. The molecule has 116 valence electrons. The van der Waals surface area contributed by atoms with Crippen LogP contribution in [0.1, 0.15) is 45.4 Å². The van der Waals surface area contributed by atoms with E-state index in [2.05, 4.69) is 24.0 Å². The van der Waals surface area contributed by atoms with Crippen molar-refractivity contribution < 1.29 is 9.47 Å². The van der Waals surface area contributed by atoms with Gasteiger partial charge in [0, 0.05) is 25.8 Å². The van der Waals surface area contributed by atoms with Gasteiger partial charge in [-0.25, -0.2) is 0 Å². The fourth-order valence-electron chi connectivity index (χ4n) is 3.99. The quantitative estimate of drug-likeness (QED) is 0.865. The van der Waals surface area contributed by atoms with Crippen LogP contribution in [0.3, 0.4) is 0 Å². The summed E-state index contributed by atoms with van der Waals surface area (Å²) < 4.78 is 12.0. The molecule has 3 saturated heterocycles. The number of hydrogen-bond donors (Lipinski definition) is 1. The summed E-state index contributed by atoms with van der Waals surface area (Å²) in [5, 5.41) is 3.83. The summed E-state index contributed by atoms with van der Waals surface area (Å²) in [5.74, 6) is 3.28. The zero-order valence-electron chi connectivity index (χ0n) is 12.7. The van der Waals surface area contributed by atoms with Crippen LogP contribution in [0.15, 0.2) is 0 Å². The SMILES string of the molecule is CCC1OCCC1CNC1CCOC2(CCSCC2)C1. The first kappa shape index (κ1) is 15.1. The Morgan fingerprint density at radius 1 is 1.20 bits per heavy atom. The number of hydrogen-bond acceptors (Lipinski definition) is 4. The maximum Gasteiger partial charge on any atom is 0.0713 e. The van der Waals surface area contributed by atoms with Gasteiger partial charge in [0.25, 0.3) is 0 Å². The third-order valence-corrected chi connectivity index (χ3v) is 6.30. The molecule has 0 aromatic rings. The lowest BCUT2D eigenvalue weighted by atomic mass is 9.85. The fraction of sp³-hybridized carbons (Fsp3) is 1.00. The highest BCUT2D eigenvalue weighted by molar-refractivity contribution is 7.99. The third kappa shape index (κ3) is 3.52. The summed E-state index contributed by atoms with van der Waals surface area (Å²) in [5.41, 5.74) is 0.206. The Labute approximate surface area is 127 Å². The summed E-state index contributed by atoms with van der Waals surface area (Å²) >= 11 is 2.08. The number of rotatable bonds is 4. The maximum atomic E-state index is 6.17. The lowest BCUT2D eigenvalue weighted by molar-refractivity contribution is -0.0935. The molecular formula is C16H29NO2S. The second-order valence-electron chi connectivity index (χ2n) is 6.61. The maximum absolute atomic E-state index is 6.17. The van der Waals surface area contributed by atoms with Gasteiger partial charge in [-0.1, -0.05) is 6.92 Å². The van der Waals surface area contributed by atoms with E-state index in [4.69, 9.17) is 9.47 Å². The van der Waals surface area contributed by atoms with E-state index in [9.17, 15) is 0 Å². The van der Waals surface area contributed by atoms with Gasteiger partial charge in [-0.3, -0.25) is 0 Å². The first-order valence-corrected chi connectivity index (χ1v) is 9.53. The Kier molecular flexibility index (Phi) is 5.29. The molecular weight excluding hydrogens is 270 g/mol. The standard InChI is InChI=1S/C16H29NO2S/c1-2-15-13(3-7-18-15)12-17-14-4-8-19-16(11-14)5-9-20-10-6-16/h13-15,17H,2-12H2,1H3. The number of thioether (sulfide) groups is 1. The molecule has 0 saturated carbocycles. The van der Waals surface area contributed by atoms with Gasteiger partial charge in [-0.2, -0.15) is 11.8 Å². The Morgan fingerprint density at radius 2 is 2.05 bits per heavy atom. The van der Waals surface area contributed by atoms with Gasteiger partial charge >= 0.3 is 0 Å². The topological polar surface area (TPSA) is 30.5 Å². The molecule has 0 bridgehead atoms. The predicted octanol–water partition coefficient (Wildman–Crippen LogP) is 2.84. The summed E-state index contributed by atoms with van der Waals surface area (Å²) in [4.78, 5) is 0. The zero-order valence-corrected chi connectivity index (χ0v) is 13.6. The van der Waals surface area contributed by atoms with Crippen molar-refractivity contribution in [2.45, 2.75) is 63.2 Å².